The molecule has 0 radical (unpaired) electrons. The van der Waals surface area contributed by atoms with Crippen molar-refractivity contribution in [2.45, 2.75) is 26.8 Å². The third-order valence-corrected chi connectivity index (χ3v) is 4.21. The van der Waals surface area contributed by atoms with Gasteiger partial charge in [0.1, 0.15) is 0 Å². The van der Waals surface area contributed by atoms with Crippen molar-refractivity contribution in [3.05, 3.63) is 52.2 Å². The fraction of sp³-hybridized carbons (Fsp3) is 0.316. The Kier molecular flexibility index (Phi) is 6.88. The summed E-state index contributed by atoms with van der Waals surface area (Å²) in [5.41, 5.74) is 0.972. The molecule has 0 unspecified atom stereocenters. The van der Waals surface area contributed by atoms with Crippen LogP contribution in [0.1, 0.15) is 37.3 Å². The van der Waals surface area contributed by atoms with Crippen LogP contribution in [0.5, 0.6) is 11.5 Å². The zero-order valence-corrected chi connectivity index (χ0v) is 15.1. The molecule has 24 heavy (non-hydrogen) atoms. The molecule has 1 aromatic heterocycles. The zero-order chi connectivity index (χ0) is 17.4. The minimum absolute atomic E-state index is 0.122. The first-order chi connectivity index (χ1) is 11.6. The van der Waals surface area contributed by atoms with E-state index in [9.17, 15) is 4.79 Å². The third-order valence-electron chi connectivity index (χ3n) is 3.37. The molecule has 0 fully saturated rings. The van der Waals surface area contributed by atoms with Crippen molar-refractivity contribution in [2.24, 2.45) is 0 Å². The zero-order valence-electron chi connectivity index (χ0n) is 14.2. The van der Waals surface area contributed by atoms with Gasteiger partial charge in [0.2, 0.25) is 5.91 Å². The number of benzene rings is 1. The number of ether oxygens (including phenoxy) is 2. The highest BCUT2D eigenvalue weighted by molar-refractivity contribution is 7.10. The molecule has 0 saturated carbocycles. The maximum atomic E-state index is 12.1. The Labute approximate surface area is 147 Å². The van der Waals surface area contributed by atoms with Gasteiger partial charge in [-0.2, -0.15) is 0 Å². The predicted molar refractivity (Wildman–Crippen MR) is 98.7 cm³/mol. The van der Waals surface area contributed by atoms with Gasteiger partial charge < -0.3 is 14.8 Å². The maximum Gasteiger partial charge on any atom is 0.244 e. The standard InChI is InChI=1S/C19H23NO3S/c1-4-22-17-10-8-15(13-18(17)23-5-2)14(3)20-19(21)11-9-16-7-6-12-24-16/h6-14H,4-5H2,1-3H3,(H,20,21)/b11-9+/t14-/m1/s1. The SMILES string of the molecule is CCOc1ccc([C@@H](C)NC(=O)/C=C/c2cccs2)cc1OCC. The smallest absolute Gasteiger partial charge is 0.244 e. The third kappa shape index (κ3) is 5.13. The monoisotopic (exact) mass is 345 g/mol. The quantitative estimate of drug-likeness (QED) is 0.720. The first kappa shape index (κ1) is 18.1. The molecule has 128 valence electrons. The molecule has 4 nitrogen and oxygen atoms in total. The van der Waals surface area contributed by atoms with Crippen molar-refractivity contribution in [1.29, 1.82) is 0 Å². The number of amides is 1. The second kappa shape index (κ2) is 9.13. The van der Waals surface area contributed by atoms with E-state index in [0.29, 0.717) is 19.0 Å². The Morgan fingerprint density at radius 2 is 1.96 bits per heavy atom. The van der Waals surface area contributed by atoms with Gasteiger partial charge in [-0.05, 0) is 56.0 Å². The van der Waals surface area contributed by atoms with E-state index in [1.54, 1.807) is 17.4 Å². The van der Waals surface area contributed by atoms with Crippen molar-refractivity contribution in [1.82, 2.24) is 5.32 Å². The van der Waals surface area contributed by atoms with Crippen LogP contribution < -0.4 is 14.8 Å². The lowest BCUT2D eigenvalue weighted by molar-refractivity contribution is -0.117. The van der Waals surface area contributed by atoms with Crippen LogP contribution in [0.2, 0.25) is 0 Å². The van der Waals surface area contributed by atoms with Crippen LogP contribution in [0, 0.1) is 0 Å². The second-order valence-electron chi connectivity index (χ2n) is 5.15. The van der Waals surface area contributed by atoms with Crippen molar-refractivity contribution < 1.29 is 14.3 Å². The van der Waals surface area contributed by atoms with Gasteiger partial charge in [-0.1, -0.05) is 12.1 Å². The topological polar surface area (TPSA) is 47.6 Å². The molecule has 1 heterocycles. The highest BCUT2D eigenvalue weighted by atomic mass is 32.1. The van der Waals surface area contributed by atoms with Gasteiger partial charge in [0.25, 0.3) is 0 Å². The number of hydrogen-bond acceptors (Lipinski definition) is 4. The number of nitrogens with one attached hydrogen (secondary N) is 1. The Bertz CT molecular complexity index is 680. The first-order valence-electron chi connectivity index (χ1n) is 8.05. The lowest BCUT2D eigenvalue weighted by atomic mass is 10.1. The maximum absolute atomic E-state index is 12.1. The van der Waals surface area contributed by atoms with Crippen LogP contribution in [0.25, 0.3) is 6.08 Å². The summed E-state index contributed by atoms with van der Waals surface area (Å²) in [5.74, 6) is 1.30. The molecule has 2 aromatic rings. The lowest BCUT2D eigenvalue weighted by Gasteiger charge is -2.17. The van der Waals surface area contributed by atoms with Crippen LogP contribution >= 0.6 is 11.3 Å². The van der Waals surface area contributed by atoms with Crippen molar-refractivity contribution in [3.8, 4) is 11.5 Å². The molecular formula is C19H23NO3S. The normalized spacial score (nSPS) is 12.1. The van der Waals surface area contributed by atoms with Gasteiger partial charge in [-0.15, -0.1) is 11.3 Å². The van der Waals surface area contributed by atoms with E-state index in [2.05, 4.69) is 5.32 Å². The fourth-order valence-corrected chi connectivity index (χ4v) is 2.84. The van der Waals surface area contributed by atoms with Gasteiger partial charge in [-0.25, -0.2) is 0 Å². The average molecular weight is 345 g/mol. The number of rotatable bonds is 8. The van der Waals surface area contributed by atoms with E-state index in [1.165, 1.54) is 0 Å². The molecule has 1 amide bonds. The van der Waals surface area contributed by atoms with Crippen LogP contribution in [0.3, 0.4) is 0 Å². The van der Waals surface area contributed by atoms with Crippen molar-refractivity contribution in [3.63, 3.8) is 0 Å². The minimum Gasteiger partial charge on any atom is -0.490 e. The lowest BCUT2D eigenvalue weighted by Crippen LogP contribution is -2.24. The molecular weight excluding hydrogens is 322 g/mol. The Hall–Kier alpha value is -2.27. The molecule has 5 heteroatoms. The molecule has 1 N–H and O–H groups in total. The summed E-state index contributed by atoms with van der Waals surface area (Å²) in [6.07, 6.45) is 3.37. The van der Waals surface area contributed by atoms with Crippen molar-refractivity contribution >= 4 is 23.3 Å². The number of hydrogen-bond donors (Lipinski definition) is 1. The largest absolute Gasteiger partial charge is 0.490 e. The summed E-state index contributed by atoms with van der Waals surface area (Å²) in [6.45, 7) is 6.96. The highest BCUT2D eigenvalue weighted by Crippen LogP contribution is 2.30. The Morgan fingerprint density at radius 3 is 2.62 bits per heavy atom. The van der Waals surface area contributed by atoms with Gasteiger partial charge in [-0.3, -0.25) is 4.79 Å². The molecule has 0 spiro atoms. The molecule has 2 rings (SSSR count). The fourth-order valence-electron chi connectivity index (χ4n) is 2.23. The predicted octanol–water partition coefficient (Wildman–Crippen LogP) is 4.44. The summed E-state index contributed by atoms with van der Waals surface area (Å²) in [6, 6.07) is 9.55. The number of carbonyl (C=O) groups is 1. The molecule has 1 aromatic carbocycles. The summed E-state index contributed by atoms with van der Waals surface area (Å²) < 4.78 is 11.2. The molecule has 1 atom stereocenters. The summed E-state index contributed by atoms with van der Waals surface area (Å²) >= 11 is 1.60. The summed E-state index contributed by atoms with van der Waals surface area (Å²) in [5, 5.41) is 4.94. The molecule has 0 bridgehead atoms. The van der Waals surface area contributed by atoms with Crippen LogP contribution in [0.4, 0.5) is 0 Å². The van der Waals surface area contributed by atoms with E-state index in [0.717, 1.165) is 16.2 Å². The van der Waals surface area contributed by atoms with Crippen LogP contribution in [-0.4, -0.2) is 19.1 Å². The molecule has 0 aliphatic rings. The van der Waals surface area contributed by atoms with Crippen molar-refractivity contribution in [2.75, 3.05) is 13.2 Å². The van der Waals surface area contributed by atoms with Gasteiger partial charge in [0, 0.05) is 11.0 Å². The van der Waals surface area contributed by atoms with Crippen LogP contribution in [-0.2, 0) is 4.79 Å². The van der Waals surface area contributed by atoms with Gasteiger partial charge in [0.05, 0.1) is 19.3 Å². The molecule has 0 aliphatic carbocycles. The van der Waals surface area contributed by atoms with E-state index >= 15 is 0 Å². The number of thiophene rings is 1. The van der Waals surface area contributed by atoms with Gasteiger partial charge >= 0.3 is 0 Å². The Morgan fingerprint density at radius 1 is 1.21 bits per heavy atom. The molecule has 0 aliphatic heterocycles. The summed E-state index contributed by atoms with van der Waals surface area (Å²) in [7, 11) is 0. The van der Waals surface area contributed by atoms with Gasteiger partial charge in [0.15, 0.2) is 11.5 Å². The second-order valence-corrected chi connectivity index (χ2v) is 6.13. The van der Waals surface area contributed by atoms with E-state index in [-0.39, 0.29) is 11.9 Å². The minimum atomic E-state index is -0.125. The van der Waals surface area contributed by atoms with E-state index < -0.39 is 0 Å². The Balaban J connectivity index is 2.04. The van der Waals surface area contributed by atoms with Crippen LogP contribution in [0.15, 0.2) is 41.8 Å². The summed E-state index contributed by atoms with van der Waals surface area (Å²) in [4.78, 5) is 13.1. The highest BCUT2D eigenvalue weighted by Gasteiger charge is 2.12. The molecule has 0 saturated heterocycles. The average Bonchev–Trinajstić information content (AvgIpc) is 3.08. The van der Waals surface area contributed by atoms with E-state index in [1.807, 2.05) is 62.6 Å². The first-order valence-corrected chi connectivity index (χ1v) is 8.93. The van der Waals surface area contributed by atoms with E-state index in [4.69, 9.17) is 9.47 Å². The number of carbonyl (C=O) groups excluding carboxylic acids is 1.